The first kappa shape index (κ1) is 85.9. The van der Waals surface area contributed by atoms with Gasteiger partial charge in [-0.25, -0.2) is 0 Å². The lowest BCUT2D eigenvalue weighted by Gasteiger charge is -2.39. The fourth-order valence-electron chi connectivity index (χ4n) is 11.4. The average molecular weight is 1330 g/mol. The quantitative estimate of drug-likeness (QED) is 0.0129. The molecule has 86 heavy (non-hydrogen) atoms. The predicted octanol–water partition coefficient (Wildman–Crippen LogP) is 10.2. The lowest BCUT2D eigenvalue weighted by molar-refractivity contribution is -0.160. The van der Waals surface area contributed by atoms with Gasteiger partial charge in [-0.3, -0.25) is 28.8 Å². The number of hydrogen-bond donors (Lipinski definition) is 7. The van der Waals surface area contributed by atoms with E-state index in [1.54, 1.807) is 13.8 Å². The molecule has 0 heterocycles. The van der Waals surface area contributed by atoms with E-state index in [1.165, 1.54) is 0 Å². The van der Waals surface area contributed by atoms with Crippen LogP contribution in [0.2, 0.25) is 103 Å². The molecule has 0 saturated carbocycles. The highest BCUT2D eigenvalue weighted by atomic mass is 28.5. The van der Waals surface area contributed by atoms with Crippen molar-refractivity contribution in [1.29, 1.82) is 0 Å². The summed E-state index contributed by atoms with van der Waals surface area (Å²) in [5.74, 6) is -1.46. The molecule has 0 bridgehead atoms. The summed E-state index contributed by atoms with van der Waals surface area (Å²) in [7, 11) is -12.7. The molecule has 3 amide bonds. The molecule has 0 radical (unpaired) electrons. The van der Waals surface area contributed by atoms with Crippen LogP contribution in [-0.4, -0.2) is 167 Å². The van der Waals surface area contributed by atoms with E-state index in [1.807, 2.05) is 69.2 Å². The van der Waals surface area contributed by atoms with Gasteiger partial charge < -0.3 is 67.7 Å². The van der Waals surface area contributed by atoms with Crippen LogP contribution in [0.25, 0.3) is 0 Å². The van der Waals surface area contributed by atoms with Crippen LogP contribution in [-0.2, 0) is 59.4 Å². The molecule has 26 heteroatoms. The average Bonchev–Trinajstić information content (AvgIpc) is 2.77. The molecule has 0 aliphatic heterocycles. The number of nitrogens with one attached hydrogen (secondary N) is 3. The highest BCUT2D eigenvalue weighted by Crippen LogP contribution is 2.41. The van der Waals surface area contributed by atoms with Crippen molar-refractivity contribution in [3.63, 3.8) is 0 Å². The van der Waals surface area contributed by atoms with Crippen LogP contribution in [0.15, 0.2) is 0 Å². The molecule has 0 rings (SSSR count). The molecule has 20 nitrogen and oxygen atoms in total. The number of rotatable bonds is 44. The summed E-state index contributed by atoms with van der Waals surface area (Å²) in [5, 5.41) is 36.2. The van der Waals surface area contributed by atoms with Crippen molar-refractivity contribution in [3.8, 4) is 0 Å². The van der Waals surface area contributed by atoms with Gasteiger partial charge in [0, 0.05) is 35.9 Å². The van der Waals surface area contributed by atoms with Gasteiger partial charge in [0.2, 0.25) is 17.7 Å². The second-order valence-electron chi connectivity index (χ2n) is 29.7. The van der Waals surface area contributed by atoms with E-state index in [-0.39, 0.29) is 63.3 Å². The molecule has 508 valence electrons. The molecular weight excluding hydrogens is 1200 g/mol. The van der Waals surface area contributed by atoms with Crippen molar-refractivity contribution in [2.24, 2.45) is 38.2 Å². The summed E-state index contributed by atoms with van der Waals surface area (Å²) in [6.07, 6.45) is 6.00. The van der Waals surface area contributed by atoms with E-state index in [0.717, 1.165) is 49.9 Å². The van der Waals surface area contributed by atoms with Gasteiger partial charge in [-0.15, -0.1) is 0 Å². The van der Waals surface area contributed by atoms with Gasteiger partial charge in [0.1, 0.15) is 19.8 Å². The first-order valence-electron chi connectivity index (χ1n) is 31.7. The van der Waals surface area contributed by atoms with E-state index < -0.39 is 94.8 Å². The SMILES string of the molecule is CCC(C)(CC(C)(C)C(=O)NCCC[Si](C)(C)O[Si](C)(C)O[Si](C)(C)CCCN)C(=O)OCCO.CCC(C)(CC(C)(C)C(=O)NCCC[Si](C)(C)O[Si](C)(C)O[Si](C)(C)CCCNC(=O)C(C)(C)CC(C)(CC)C(=O)OCCO)C(=O)OCCO. The van der Waals surface area contributed by atoms with E-state index >= 15 is 0 Å². The van der Waals surface area contributed by atoms with Crippen molar-refractivity contribution in [2.45, 2.75) is 250 Å². The number of carbonyl (C=O) groups excluding carboxylic acids is 6. The van der Waals surface area contributed by atoms with E-state index in [0.29, 0.717) is 64.7 Å². The lowest BCUT2D eigenvalue weighted by Crippen LogP contribution is -2.52. The van der Waals surface area contributed by atoms with Crippen LogP contribution >= 0.6 is 0 Å². The summed E-state index contributed by atoms with van der Waals surface area (Å²) in [6, 6.07) is 3.68. The first-order valence-corrected chi connectivity index (χ1v) is 49.8. The minimum Gasteiger partial charge on any atom is -0.463 e. The Morgan fingerprint density at radius 2 is 0.593 bits per heavy atom. The topological polar surface area (TPSA) is 290 Å². The number of esters is 3. The van der Waals surface area contributed by atoms with Gasteiger partial charge in [0.05, 0.1) is 36.1 Å². The molecule has 8 N–H and O–H groups in total. The lowest BCUT2D eigenvalue weighted by atomic mass is 9.72. The summed E-state index contributed by atoms with van der Waals surface area (Å²) in [5.41, 5.74) is 0.960. The normalized spacial score (nSPS) is 15.2. The zero-order chi connectivity index (χ0) is 67.5. The standard InChI is InChI=1S/C36H74N2O10Si3.C24H54N2O6Si3/c1-15-35(7,31(43)45-23-21-39)27-33(3,4)29(41)37-19-17-25-49(9,10)47-51(13,14)48-50(11,12)26-18-20-38-30(42)34(5,6)28-36(8,16-2)32(44)46-24-22-40;1-11-24(4,22(29)30-17-16-27)20-23(2,3)21(28)26-15-13-19-34(7,8)32-35(9,10)31-33(5,6)18-12-14-25/h39-40H,15-28H2,1-14H3,(H,37,41)(H,38,42);27H,11-20,25H2,1-10H3,(H,26,28). The summed E-state index contributed by atoms with van der Waals surface area (Å²) >= 11 is 0. The number of hydrogen-bond acceptors (Lipinski definition) is 17. The van der Waals surface area contributed by atoms with Crippen molar-refractivity contribution in [1.82, 2.24) is 16.0 Å². The van der Waals surface area contributed by atoms with Crippen LogP contribution in [0, 0.1) is 32.5 Å². The van der Waals surface area contributed by atoms with E-state index in [9.17, 15) is 28.8 Å². The van der Waals surface area contributed by atoms with Gasteiger partial charge in [-0.05, 0) is 194 Å². The summed E-state index contributed by atoms with van der Waals surface area (Å²) < 4.78 is 42.2. The fourth-order valence-corrected chi connectivity index (χ4v) is 39.6. The minimum absolute atomic E-state index is 0.0269. The summed E-state index contributed by atoms with van der Waals surface area (Å²) in [6.45, 7) is 49.8. The van der Waals surface area contributed by atoms with Crippen LogP contribution in [0.5, 0.6) is 0 Å². The minimum atomic E-state index is -2.47. The van der Waals surface area contributed by atoms with E-state index in [2.05, 4.69) is 94.5 Å². The zero-order valence-corrected chi connectivity index (χ0v) is 64.7. The molecule has 0 aliphatic carbocycles. The van der Waals surface area contributed by atoms with Crippen LogP contribution < -0.4 is 21.7 Å². The smallest absolute Gasteiger partial charge is 0.311 e. The van der Waals surface area contributed by atoms with Gasteiger partial charge in [0.15, 0.2) is 33.3 Å². The van der Waals surface area contributed by atoms with Gasteiger partial charge in [-0.1, -0.05) is 62.3 Å². The molecule has 0 spiro atoms. The van der Waals surface area contributed by atoms with Crippen molar-refractivity contribution < 1.29 is 74.8 Å². The highest BCUT2D eigenvalue weighted by molar-refractivity contribution is 6.88. The third-order valence-electron chi connectivity index (χ3n) is 15.9. The van der Waals surface area contributed by atoms with Crippen LogP contribution in [0.4, 0.5) is 0 Å². The van der Waals surface area contributed by atoms with Gasteiger partial charge >= 0.3 is 35.0 Å². The predicted molar refractivity (Wildman–Crippen MR) is 360 cm³/mol. The van der Waals surface area contributed by atoms with Crippen molar-refractivity contribution in [2.75, 3.05) is 65.8 Å². The number of amides is 3. The first-order chi connectivity index (χ1) is 39.0. The molecule has 0 fully saturated rings. The fraction of sp³-hybridized carbons (Fsp3) is 0.900. The zero-order valence-electron chi connectivity index (χ0n) is 58.7. The molecular formula is C60H128N4O16Si6. The number of aliphatic hydroxyl groups excluding tert-OH is 3. The third-order valence-corrected chi connectivity index (χ3v) is 38.9. The van der Waals surface area contributed by atoms with E-state index in [4.69, 9.17) is 51.7 Å². The Kier molecular flexibility index (Phi) is 37.3. The van der Waals surface area contributed by atoms with Gasteiger partial charge in [0.25, 0.3) is 0 Å². The van der Waals surface area contributed by atoms with Gasteiger partial charge in [-0.2, -0.15) is 0 Å². The van der Waals surface area contributed by atoms with Crippen molar-refractivity contribution in [3.05, 3.63) is 0 Å². The number of carbonyl (C=O) groups is 6. The maximum Gasteiger partial charge on any atom is 0.311 e. The summed E-state index contributed by atoms with van der Waals surface area (Å²) in [4.78, 5) is 77.0. The molecule has 0 aliphatic rings. The Balaban J connectivity index is 0. The van der Waals surface area contributed by atoms with Crippen molar-refractivity contribution >= 4 is 86.0 Å². The Bertz CT molecular complexity index is 2000. The molecule has 0 saturated heterocycles. The second-order valence-corrected chi connectivity index (χ2v) is 54.7. The maximum atomic E-state index is 13.1. The molecule has 3 atom stereocenters. The number of ether oxygens (including phenoxy) is 3. The molecule has 0 aromatic carbocycles. The third kappa shape index (κ3) is 33.7. The van der Waals surface area contributed by atoms with Crippen LogP contribution in [0.1, 0.15) is 147 Å². The Hall–Kier alpha value is -2.20. The second kappa shape index (κ2) is 37.3. The Morgan fingerprint density at radius 1 is 0.384 bits per heavy atom. The highest BCUT2D eigenvalue weighted by Gasteiger charge is 2.46. The Morgan fingerprint density at radius 3 is 0.779 bits per heavy atom. The molecule has 0 aromatic rings. The Labute approximate surface area is 528 Å². The van der Waals surface area contributed by atoms with Crippen LogP contribution in [0.3, 0.4) is 0 Å². The molecule has 3 unspecified atom stereocenters. The monoisotopic (exact) mass is 1330 g/mol. The maximum absolute atomic E-state index is 13.1. The molecule has 0 aromatic heterocycles. The largest absolute Gasteiger partial charge is 0.463 e. The number of nitrogens with two attached hydrogens (primary N) is 1. The number of aliphatic hydroxyl groups is 3.